The van der Waals surface area contributed by atoms with Gasteiger partial charge in [0, 0.05) is 11.8 Å². The van der Waals surface area contributed by atoms with E-state index < -0.39 is 23.9 Å². The van der Waals surface area contributed by atoms with E-state index in [-0.39, 0.29) is 17.6 Å². The van der Waals surface area contributed by atoms with Gasteiger partial charge in [0.2, 0.25) is 11.8 Å². The smallest absolute Gasteiger partial charge is 0.240 e. The van der Waals surface area contributed by atoms with Crippen LogP contribution in [0.25, 0.3) is 0 Å². The molecule has 3 heterocycles. The lowest BCUT2D eigenvalue weighted by Gasteiger charge is -2.30. The number of carbonyl (C=O) groups excluding carboxylic acids is 3. The number of carbonyl (C=O) groups is 3. The Morgan fingerprint density at radius 2 is 1.66 bits per heavy atom. The Bertz CT molecular complexity index is 1160. The fraction of sp³-hybridized carbons (Fsp3) is 0.250. The number of fused-ring (bicyclic) bond motifs is 3. The van der Waals surface area contributed by atoms with E-state index in [4.69, 9.17) is 9.47 Å². The molecular weight excluding hydrogens is 410 g/mol. The van der Waals surface area contributed by atoms with Crippen LogP contribution < -0.4 is 14.4 Å². The number of para-hydroxylation sites is 1. The molecule has 32 heavy (non-hydrogen) atoms. The summed E-state index contributed by atoms with van der Waals surface area (Å²) >= 11 is 0. The van der Waals surface area contributed by atoms with Crippen molar-refractivity contribution in [1.82, 2.24) is 5.01 Å². The van der Waals surface area contributed by atoms with Crippen LogP contribution in [0, 0.1) is 11.8 Å². The van der Waals surface area contributed by atoms with Gasteiger partial charge in [-0.3, -0.25) is 19.4 Å². The summed E-state index contributed by atoms with van der Waals surface area (Å²) in [6.07, 6.45) is 5.13. The first kappa shape index (κ1) is 20.0. The molecule has 0 bridgehead atoms. The first-order chi connectivity index (χ1) is 15.6. The Balaban J connectivity index is 1.57. The Hall–Kier alpha value is -3.94. The maximum Gasteiger partial charge on any atom is 0.240 e. The van der Waals surface area contributed by atoms with Gasteiger partial charge in [-0.1, -0.05) is 24.3 Å². The van der Waals surface area contributed by atoms with Gasteiger partial charge in [-0.25, -0.2) is 4.90 Å². The van der Waals surface area contributed by atoms with E-state index in [1.807, 2.05) is 12.1 Å². The highest BCUT2D eigenvalue weighted by Gasteiger charge is 2.64. The van der Waals surface area contributed by atoms with E-state index in [9.17, 15) is 14.4 Å². The molecule has 0 aromatic heterocycles. The highest BCUT2D eigenvalue weighted by Crippen LogP contribution is 2.46. The van der Waals surface area contributed by atoms with Gasteiger partial charge in [0.1, 0.15) is 6.04 Å². The van der Waals surface area contributed by atoms with Crippen molar-refractivity contribution in [3.63, 3.8) is 0 Å². The molecule has 2 fully saturated rings. The number of rotatable bonds is 5. The number of allylic oxidation sites excluding steroid dienone is 1. The number of Topliss-reactive ketones (excluding diaryl/α,β-unsaturated/α-hetero) is 1. The average molecular weight is 431 g/mol. The van der Waals surface area contributed by atoms with Crippen molar-refractivity contribution >= 4 is 29.5 Å². The average Bonchev–Trinajstić information content (AvgIpc) is 3.31. The van der Waals surface area contributed by atoms with Gasteiger partial charge >= 0.3 is 0 Å². The zero-order valence-electron chi connectivity index (χ0n) is 17.5. The number of benzene rings is 2. The summed E-state index contributed by atoms with van der Waals surface area (Å²) in [5, 5.41) is 5.96. The molecule has 2 aromatic carbocycles. The molecule has 2 aromatic rings. The minimum atomic E-state index is -0.908. The van der Waals surface area contributed by atoms with E-state index >= 15 is 0 Å². The fourth-order valence-electron chi connectivity index (χ4n) is 4.83. The van der Waals surface area contributed by atoms with Gasteiger partial charge in [0.05, 0.1) is 37.8 Å². The minimum absolute atomic E-state index is 0.299. The van der Waals surface area contributed by atoms with Crippen LogP contribution in [0.2, 0.25) is 0 Å². The molecule has 2 amide bonds. The van der Waals surface area contributed by atoms with Gasteiger partial charge in [-0.2, -0.15) is 5.10 Å². The molecule has 0 N–H and O–H groups in total. The number of hydrogen-bond acceptors (Lipinski definition) is 7. The number of hydrazone groups is 1. The predicted octanol–water partition coefficient (Wildman–Crippen LogP) is 2.30. The number of nitrogens with zero attached hydrogens (tertiary/aromatic N) is 3. The molecule has 5 rings (SSSR count). The van der Waals surface area contributed by atoms with Crippen molar-refractivity contribution in [2.24, 2.45) is 16.9 Å². The van der Waals surface area contributed by atoms with Crippen LogP contribution >= 0.6 is 0 Å². The lowest BCUT2D eigenvalue weighted by molar-refractivity contribution is -0.123. The van der Waals surface area contributed by atoms with Crippen LogP contribution in [-0.4, -0.2) is 55.1 Å². The maximum absolute atomic E-state index is 13.7. The molecule has 8 nitrogen and oxygen atoms in total. The molecule has 0 unspecified atom stereocenters. The molecule has 0 aliphatic carbocycles. The molecule has 3 aliphatic heterocycles. The van der Waals surface area contributed by atoms with Gasteiger partial charge in [0.15, 0.2) is 17.3 Å². The van der Waals surface area contributed by atoms with E-state index in [0.29, 0.717) is 22.7 Å². The SMILES string of the molecule is COc1ccc(C(=O)[C@@H]2[C@@H]3C(=O)N(c4ccccc4)C(=O)[C@@H]3[C@H]3C=CC=NN32)cc1OC. The normalized spacial score (nSPS) is 25.7. The van der Waals surface area contributed by atoms with Crippen molar-refractivity contribution in [2.75, 3.05) is 19.1 Å². The van der Waals surface area contributed by atoms with Crippen molar-refractivity contribution < 1.29 is 23.9 Å². The van der Waals surface area contributed by atoms with Gasteiger partial charge in [-0.05, 0) is 36.4 Å². The Labute approximate surface area is 184 Å². The van der Waals surface area contributed by atoms with Crippen LogP contribution in [0.5, 0.6) is 11.5 Å². The number of hydrogen-bond donors (Lipinski definition) is 0. The summed E-state index contributed by atoms with van der Waals surface area (Å²) in [4.78, 5) is 41.8. The molecule has 0 spiro atoms. The van der Waals surface area contributed by atoms with Crippen molar-refractivity contribution in [3.05, 3.63) is 66.2 Å². The molecule has 8 heteroatoms. The first-order valence-corrected chi connectivity index (χ1v) is 10.2. The lowest BCUT2D eigenvalue weighted by atomic mass is 9.86. The van der Waals surface area contributed by atoms with E-state index in [2.05, 4.69) is 5.10 Å². The van der Waals surface area contributed by atoms with Crippen molar-refractivity contribution in [1.29, 1.82) is 0 Å². The van der Waals surface area contributed by atoms with E-state index in [1.54, 1.807) is 59.8 Å². The number of anilines is 1. The number of ketones is 1. The Kier molecular flexibility index (Phi) is 4.77. The molecule has 4 atom stereocenters. The molecule has 3 aliphatic rings. The highest BCUT2D eigenvalue weighted by molar-refractivity contribution is 6.24. The van der Waals surface area contributed by atoms with Gasteiger partial charge in [0.25, 0.3) is 0 Å². The highest BCUT2D eigenvalue weighted by atomic mass is 16.5. The quantitative estimate of drug-likeness (QED) is 0.533. The number of methoxy groups -OCH3 is 2. The summed E-state index contributed by atoms with van der Waals surface area (Å²) in [6, 6.07) is 12.3. The second-order valence-electron chi connectivity index (χ2n) is 7.80. The largest absolute Gasteiger partial charge is 0.493 e. The van der Waals surface area contributed by atoms with Crippen LogP contribution in [-0.2, 0) is 9.59 Å². The van der Waals surface area contributed by atoms with E-state index in [0.717, 1.165) is 0 Å². The third-order valence-electron chi connectivity index (χ3n) is 6.24. The van der Waals surface area contributed by atoms with Crippen molar-refractivity contribution in [2.45, 2.75) is 12.1 Å². The van der Waals surface area contributed by atoms with Crippen LogP contribution in [0.4, 0.5) is 5.69 Å². The molecule has 2 saturated heterocycles. The third-order valence-corrected chi connectivity index (χ3v) is 6.24. The van der Waals surface area contributed by atoms with Crippen LogP contribution in [0.15, 0.2) is 65.8 Å². The molecular formula is C24H21N3O5. The number of amides is 2. The van der Waals surface area contributed by atoms with Crippen molar-refractivity contribution in [3.8, 4) is 11.5 Å². The fourth-order valence-corrected chi connectivity index (χ4v) is 4.83. The van der Waals surface area contributed by atoms with Crippen LogP contribution in [0.3, 0.4) is 0 Å². The summed E-state index contributed by atoms with van der Waals surface area (Å²) in [5.41, 5.74) is 0.860. The predicted molar refractivity (Wildman–Crippen MR) is 117 cm³/mol. The zero-order valence-corrected chi connectivity index (χ0v) is 17.5. The monoisotopic (exact) mass is 431 g/mol. The summed E-state index contributed by atoms with van der Waals surface area (Å²) < 4.78 is 10.6. The summed E-state index contributed by atoms with van der Waals surface area (Å²) in [6.45, 7) is 0. The zero-order chi connectivity index (χ0) is 22.4. The first-order valence-electron chi connectivity index (χ1n) is 10.2. The standard InChI is InChI=1S/C24H21N3O5/c1-31-17-11-10-14(13-18(17)32-2)22(28)21-20-19(16-9-6-12-25-27(16)21)23(29)26(24(20)30)15-7-4-3-5-8-15/h3-13,16,19-21H,1-2H3/t16-,19-,20-,21+/m1/s1. The van der Waals surface area contributed by atoms with Crippen LogP contribution in [0.1, 0.15) is 10.4 Å². The molecule has 0 radical (unpaired) electrons. The number of ether oxygens (including phenoxy) is 2. The lowest BCUT2D eigenvalue weighted by Crippen LogP contribution is -2.46. The second-order valence-corrected chi connectivity index (χ2v) is 7.80. The Morgan fingerprint density at radius 1 is 0.938 bits per heavy atom. The second kappa shape index (κ2) is 7.64. The third kappa shape index (κ3) is 2.83. The Morgan fingerprint density at radius 3 is 2.38 bits per heavy atom. The summed E-state index contributed by atoms with van der Waals surface area (Å²) in [5.74, 6) is -1.63. The molecule has 162 valence electrons. The summed E-state index contributed by atoms with van der Waals surface area (Å²) in [7, 11) is 3.01. The minimum Gasteiger partial charge on any atom is -0.493 e. The number of imide groups is 1. The van der Waals surface area contributed by atoms with E-state index in [1.165, 1.54) is 19.1 Å². The maximum atomic E-state index is 13.7. The molecule has 0 saturated carbocycles. The topological polar surface area (TPSA) is 88.5 Å². The van der Waals surface area contributed by atoms with Gasteiger partial charge in [-0.15, -0.1) is 0 Å². The van der Waals surface area contributed by atoms with Gasteiger partial charge < -0.3 is 9.47 Å².